The van der Waals surface area contributed by atoms with E-state index < -0.39 is 0 Å². The van der Waals surface area contributed by atoms with Gasteiger partial charge in [-0.05, 0) is 61.8 Å². The van der Waals surface area contributed by atoms with E-state index in [9.17, 15) is 0 Å². The van der Waals surface area contributed by atoms with Crippen LogP contribution in [0.3, 0.4) is 0 Å². The third kappa shape index (κ3) is 4.10. The van der Waals surface area contributed by atoms with E-state index in [-0.39, 0.29) is 0 Å². The molecule has 0 N–H and O–H groups in total. The number of hydrogen-bond acceptors (Lipinski definition) is 0. The summed E-state index contributed by atoms with van der Waals surface area (Å²) in [7, 11) is 2.83. The van der Waals surface area contributed by atoms with Gasteiger partial charge in [0, 0.05) is 0 Å². The van der Waals surface area contributed by atoms with Gasteiger partial charge < -0.3 is 0 Å². The molecule has 0 nitrogen and oxygen atoms in total. The summed E-state index contributed by atoms with van der Waals surface area (Å²) < 4.78 is 0. The molecule has 0 fully saturated rings. The van der Waals surface area contributed by atoms with E-state index in [0.29, 0.717) is 5.92 Å². The van der Waals surface area contributed by atoms with Crippen molar-refractivity contribution in [3.05, 3.63) is 52.9 Å². The third-order valence-corrected chi connectivity index (χ3v) is 4.60. The summed E-state index contributed by atoms with van der Waals surface area (Å²) in [5.74, 6) is 0.614. The van der Waals surface area contributed by atoms with Crippen molar-refractivity contribution in [1.82, 2.24) is 0 Å². The van der Waals surface area contributed by atoms with Gasteiger partial charge in [0.15, 0.2) is 0 Å². The Morgan fingerprint density at radius 2 is 2.00 bits per heavy atom. The van der Waals surface area contributed by atoms with Crippen molar-refractivity contribution in [3.8, 4) is 0 Å². The maximum absolute atomic E-state index is 4.23. The number of aryl methyl sites for hydroxylation is 2. The van der Waals surface area contributed by atoms with Crippen molar-refractivity contribution in [2.45, 2.75) is 40.5 Å². The Morgan fingerprint density at radius 3 is 2.56 bits per heavy atom. The fourth-order valence-corrected chi connectivity index (χ4v) is 2.11. The van der Waals surface area contributed by atoms with Crippen LogP contribution in [0.5, 0.6) is 0 Å². The highest BCUT2D eigenvalue weighted by Crippen LogP contribution is 2.27. The molecule has 0 spiro atoms. The summed E-state index contributed by atoms with van der Waals surface area (Å²) in [6.45, 7) is 12.9. The van der Waals surface area contributed by atoms with Crippen molar-refractivity contribution < 1.29 is 0 Å². The SMILES string of the molecule is C=C(CCC(C)/C(P)=C\C)c1ccc(C)c(C)c1. The maximum Gasteiger partial charge on any atom is -0.0191 e. The molecule has 0 bridgehead atoms. The van der Waals surface area contributed by atoms with E-state index in [4.69, 9.17) is 0 Å². The second-order valence-electron chi connectivity index (χ2n) is 5.13. The van der Waals surface area contributed by atoms with E-state index >= 15 is 0 Å². The lowest BCUT2D eigenvalue weighted by atomic mass is 9.95. The number of benzene rings is 1. The zero-order valence-corrected chi connectivity index (χ0v) is 13.2. The second kappa shape index (κ2) is 6.90. The van der Waals surface area contributed by atoms with Crippen LogP contribution in [0, 0.1) is 19.8 Å². The molecule has 1 aromatic carbocycles. The van der Waals surface area contributed by atoms with Gasteiger partial charge in [0.2, 0.25) is 0 Å². The maximum atomic E-state index is 4.23. The molecule has 0 aliphatic carbocycles. The standard InChI is InChI=1S/C17H25P/c1-6-17(18)14(4)8-7-13(3)16-10-9-12(2)15(5)11-16/h6,9-11,14H,3,7-8,18H2,1-2,4-5H3/b17-6+. The number of allylic oxidation sites excluding steroid dienone is 3. The third-order valence-electron chi connectivity index (χ3n) is 3.70. The minimum atomic E-state index is 0.614. The zero-order chi connectivity index (χ0) is 13.7. The summed E-state index contributed by atoms with van der Waals surface area (Å²) in [4.78, 5) is 0. The van der Waals surface area contributed by atoms with Crippen LogP contribution in [-0.2, 0) is 0 Å². The Morgan fingerprint density at radius 1 is 1.33 bits per heavy atom. The van der Waals surface area contributed by atoms with E-state index in [1.807, 2.05) is 0 Å². The second-order valence-corrected chi connectivity index (χ2v) is 5.80. The first kappa shape index (κ1) is 15.2. The lowest BCUT2D eigenvalue weighted by Crippen LogP contribution is -1.95. The van der Waals surface area contributed by atoms with Crippen LogP contribution in [0.25, 0.3) is 5.57 Å². The fraction of sp³-hybridized carbons (Fsp3) is 0.412. The van der Waals surface area contributed by atoms with Gasteiger partial charge in [-0.3, -0.25) is 0 Å². The van der Waals surface area contributed by atoms with Gasteiger partial charge in [-0.25, -0.2) is 0 Å². The Bertz CT molecular complexity index is 455. The van der Waals surface area contributed by atoms with Crippen molar-refractivity contribution in [3.63, 3.8) is 0 Å². The molecule has 0 amide bonds. The van der Waals surface area contributed by atoms with E-state index in [2.05, 4.69) is 67.8 Å². The van der Waals surface area contributed by atoms with Crippen LogP contribution >= 0.6 is 9.24 Å². The van der Waals surface area contributed by atoms with E-state index in [0.717, 1.165) is 12.8 Å². The van der Waals surface area contributed by atoms with Gasteiger partial charge in [0.1, 0.15) is 0 Å². The smallest absolute Gasteiger partial charge is 0.0191 e. The molecule has 0 saturated carbocycles. The van der Waals surface area contributed by atoms with E-state index in [1.165, 1.54) is 27.6 Å². The summed E-state index contributed by atoms with van der Waals surface area (Å²) in [5, 5.41) is 1.39. The van der Waals surface area contributed by atoms with Crippen molar-refractivity contribution in [2.24, 2.45) is 5.92 Å². The van der Waals surface area contributed by atoms with Gasteiger partial charge in [-0.1, -0.05) is 43.1 Å². The summed E-state index contributed by atoms with van der Waals surface area (Å²) in [5.41, 5.74) is 5.23. The Balaban J connectivity index is 2.63. The van der Waals surface area contributed by atoms with Crippen LogP contribution in [0.15, 0.2) is 36.2 Å². The minimum absolute atomic E-state index is 0.614. The molecule has 0 aliphatic heterocycles. The van der Waals surface area contributed by atoms with Gasteiger partial charge in [0.25, 0.3) is 0 Å². The Kier molecular flexibility index (Phi) is 5.82. The van der Waals surface area contributed by atoms with Crippen molar-refractivity contribution >= 4 is 14.8 Å². The van der Waals surface area contributed by atoms with Crippen LogP contribution in [0.1, 0.15) is 43.4 Å². The first-order chi connectivity index (χ1) is 8.45. The predicted molar refractivity (Wildman–Crippen MR) is 86.8 cm³/mol. The molecule has 0 saturated heterocycles. The highest BCUT2D eigenvalue weighted by Gasteiger charge is 2.06. The quantitative estimate of drug-likeness (QED) is 0.612. The minimum Gasteiger partial charge on any atom is -0.110 e. The average molecular weight is 260 g/mol. The van der Waals surface area contributed by atoms with Crippen LogP contribution in [-0.4, -0.2) is 0 Å². The van der Waals surface area contributed by atoms with Gasteiger partial charge in [-0.15, -0.1) is 9.24 Å². The molecule has 18 heavy (non-hydrogen) atoms. The van der Waals surface area contributed by atoms with Gasteiger partial charge in [-0.2, -0.15) is 0 Å². The van der Waals surface area contributed by atoms with E-state index in [1.54, 1.807) is 0 Å². The summed E-state index contributed by atoms with van der Waals surface area (Å²) in [6.07, 6.45) is 4.40. The molecule has 2 unspecified atom stereocenters. The molecule has 0 aliphatic rings. The molecule has 0 heterocycles. The lowest BCUT2D eigenvalue weighted by molar-refractivity contribution is 0.653. The molecule has 0 radical (unpaired) electrons. The van der Waals surface area contributed by atoms with Gasteiger partial charge >= 0.3 is 0 Å². The Labute approximate surface area is 114 Å². The largest absolute Gasteiger partial charge is 0.110 e. The molecule has 98 valence electrons. The lowest BCUT2D eigenvalue weighted by Gasteiger charge is -2.13. The number of hydrogen-bond donors (Lipinski definition) is 0. The van der Waals surface area contributed by atoms with Crippen LogP contribution < -0.4 is 0 Å². The molecule has 1 aromatic rings. The first-order valence-electron chi connectivity index (χ1n) is 6.62. The fourth-order valence-electron chi connectivity index (χ4n) is 1.95. The molecule has 1 heteroatoms. The molecule has 2 atom stereocenters. The highest BCUT2D eigenvalue weighted by atomic mass is 31.0. The predicted octanol–water partition coefficient (Wildman–Crippen LogP) is 5.51. The molecular formula is C17H25P. The Hall–Kier alpha value is -0.870. The van der Waals surface area contributed by atoms with Crippen molar-refractivity contribution in [2.75, 3.05) is 0 Å². The van der Waals surface area contributed by atoms with Crippen LogP contribution in [0.4, 0.5) is 0 Å². The summed E-state index contributed by atoms with van der Waals surface area (Å²) >= 11 is 0. The molecular weight excluding hydrogens is 235 g/mol. The normalized spacial score (nSPS) is 13.5. The zero-order valence-electron chi connectivity index (χ0n) is 12.1. The monoisotopic (exact) mass is 260 g/mol. The van der Waals surface area contributed by atoms with Crippen molar-refractivity contribution in [1.29, 1.82) is 0 Å². The number of rotatable bonds is 5. The summed E-state index contributed by atoms with van der Waals surface area (Å²) in [6, 6.07) is 6.62. The molecule has 0 aromatic heterocycles. The topological polar surface area (TPSA) is 0 Å². The van der Waals surface area contributed by atoms with Crippen LogP contribution in [0.2, 0.25) is 0 Å². The average Bonchev–Trinajstić information content (AvgIpc) is 2.37. The highest BCUT2D eigenvalue weighted by molar-refractivity contribution is 7.22. The first-order valence-corrected chi connectivity index (χ1v) is 7.20. The molecule has 1 rings (SSSR count). The van der Waals surface area contributed by atoms with Gasteiger partial charge in [0.05, 0.1) is 0 Å².